The maximum atomic E-state index is 14.1. The van der Waals surface area contributed by atoms with Crippen molar-refractivity contribution < 1.29 is 19.2 Å². The smallest absolute Gasteiger partial charge is 0.245 e. The van der Waals surface area contributed by atoms with E-state index in [0.717, 1.165) is 58.0 Å². The molecule has 3 saturated heterocycles. The van der Waals surface area contributed by atoms with Crippen LogP contribution in [0.3, 0.4) is 0 Å². The van der Waals surface area contributed by atoms with Gasteiger partial charge in [-0.05, 0) is 83.8 Å². The van der Waals surface area contributed by atoms with Crippen LogP contribution in [0.4, 0.5) is 0 Å². The van der Waals surface area contributed by atoms with Gasteiger partial charge in [-0.2, -0.15) is 0 Å². The second-order valence-corrected chi connectivity index (χ2v) is 14.4. The number of nitrogens with one attached hydrogen (secondary N) is 1. The molecule has 3 aliphatic rings. The van der Waals surface area contributed by atoms with E-state index < -0.39 is 11.5 Å². The molecule has 10 nitrogen and oxygen atoms in total. The summed E-state index contributed by atoms with van der Waals surface area (Å²) < 4.78 is 0. The zero-order valence-electron chi connectivity index (χ0n) is 28.5. The molecule has 3 rings (SSSR count). The number of rotatable bonds is 11. The average molecular weight is 605 g/mol. The molecular weight excluding hydrogens is 544 g/mol. The van der Waals surface area contributed by atoms with Gasteiger partial charge in [0.25, 0.3) is 0 Å². The highest BCUT2D eigenvalue weighted by Gasteiger charge is 2.44. The molecule has 0 aliphatic carbocycles. The molecule has 43 heavy (non-hydrogen) atoms. The highest BCUT2D eigenvalue weighted by atomic mass is 16.2. The fourth-order valence-electron chi connectivity index (χ4n) is 7.23. The molecule has 0 aromatic carbocycles. The molecule has 0 aromatic rings. The number of likely N-dealkylation sites (tertiary alicyclic amines) is 3. The van der Waals surface area contributed by atoms with E-state index in [1.165, 1.54) is 0 Å². The highest BCUT2D eigenvalue weighted by molar-refractivity contribution is 5.91. The third-order valence-electron chi connectivity index (χ3n) is 10.1. The third kappa shape index (κ3) is 8.29. The number of hydrogen-bond donors (Lipinski definition) is 1. The largest absolute Gasteiger partial charge is 0.342 e. The van der Waals surface area contributed by atoms with E-state index in [9.17, 15) is 19.2 Å². The number of hydrogen-bond acceptors (Lipinski definition) is 6. The van der Waals surface area contributed by atoms with E-state index in [1.807, 2.05) is 63.4 Å². The number of likely N-dealkylation sites (N-methyl/N-ethyl adjacent to an activating group) is 3. The Morgan fingerprint density at radius 1 is 0.860 bits per heavy atom. The fourth-order valence-corrected chi connectivity index (χ4v) is 7.23. The molecule has 5 atom stereocenters. The standard InChI is InChI=1S/C33H60N6O4/c1-10-37(11-2)30(41)26-18-15-21-39(26)31(42)25-17-14-20-38(25)22-27(23(3)4)36(9)32(43)28(33(5,6)7)34-29(40)24-16-12-13-19-35(24)8/h23-28H,10-22H2,1-9H3,(H,34,40)/t24?,25?,26-,27+,28?/m0/s1. The van der Waals surface area contributed by atoms with Gasteiger partial charge in [0.2, 0.25) is 23.6 Å². The maximum Gasteiger partial charge on any atom is 0.245 e. The zero-order valence-corrected chi connectivity index (χ0v) is 28.5. The van der Waals surface area contributed by atoms with Crippen LogP contribution in [-0.2, 0) is 19.2 Å². The van der Waals surface area contributed by atoms with E-state index in [1.54, 1.807) is 0 Å². The topological polar surface area (TPSA) is 96.5 Å². The molecule has 0 bridgehead atoms. The molecule has 0 spiro atoms. The van der Waals surface area contributed by atoms with E-state index in [2.05, 4.69) is 29.0 Å². The Morgan fingerprint density at radius 3 is 2.05 bits per heavy atom. The van der Waals surface area contributed by atoms with Crippen LogP contribution in [0, 0.1) is 11.3 Å². The van der Waals surface area contributed by atoms with Gasteiger partial charge in [-0.1, -0.05) is 41.0 Å². The van der Waals surface area contributed by atoms with E-state index in [0.29, 0.717) is 26.2 Å². The molecule has 0 radical (unpaired) electrons. The SMILES string of the molecule is CCN(CC)C(=O)[C@@H]1CCCN1C(=O)C1CCCN1C[C@H](C(C)C)N(C)C(=O)C(NC(=O)C1CCCCN1C)C(C)(C)C. The first-order valence-electron chi connectivity index (χ1n) is 16.8. The van der Waals surface area contributed by atoms with Crippen molar-refractivity contribution in [2.75, 3.05) is 53.4 Å². The van der Waals surface area contributed by atoms with Gasteiger partial charge in [0, 0.05) is 39.3 Å². The number of piperidine rings is 1. The van der Waals surface area contributed by atoms with Crippen molar-refractivity contribution in [1.82, 2.24) is 29.8 Å². The van der Waals surface area contributed by atoms with Crippen LogP contribution in [0.25, 0.3) is 0 Å². The van der Waals surface area contributed by atoms with Gasteiger partial charge in [0.15, 0.2) is 0 Å². The van der Waals surface area contributed by atoms with Crippen LogP contribution in [-0.4, -0.2) is 132 Å². The van der Waals surface area contributed by atoms with Crippen LogP contribution in [0.15, 0.2) is 0 Å². The van der Waals surface area contributed by atoms with Gasteiger partial charge >= 0.3 is 0 Å². The summed E-state index contributed by atoms with van der Waals surface area (Å²) in [5.74, 6) is 0.0860. The van der Waals surface area contributed by atoms with Crippen LogP contribution in [0.2, 0.25) is 0 Å². The second kappa shape index (κ2) is 15.2. The fraction of sp³-hybridized carbons (Fsp3) is 0.879. The van der Waals surface area contributed by atoms with Crippen molar-refractivity contribution in [3.63, 3.8) is 0 Å². The Labute approximate surface area is 260 Å². The summed E-state index contributed by atoms with van der Waals surface area (Å²) in [7, 11) is 3.83. The summed E-state index contributed by atoms with van der Waals surface area (Å²) in [5.41, 5.74) is -0.468. The highest BCUT2D eigenvalue weighted by Crippen LogP contribution is 2.29. The summed E-state index contributed by atoms with van der Waals surface area (Å²) in [6.45, 7) is 18.4. The Bertz CT molecular complexity index is 977. The Balaban J connectivity index is 1.74. The molecule has 1 N–H and O–H groups in total. The van der Waals surface area contributed by atoms with Crippen LogP contribution in [0.1, 0.15) is 93.4 Å². The zero-order chi connectivity index (χ0) is 32.1. The summed E-state index contributed by atoms with van der Waals surface area (Å²) in [6.07, 6.45) is 6.15. The van der Waals surface area contributed by atoms with Crippen molar-refractivity contribution in [2.24, 2.45) is 11.3 Å². The molecule has 10 heteroatoms. The van der Waals surface area contributed by atoms with Gasteiger partial charge < -0.3 is 20.0 Å². The minimum atomic E-state index is -0.658. The van der Waals surface area contributed by atoms with Crippen molar-refractivity contribution >= 4 is 23.6 Å². The first kappa shape index (κ1) is 35.3. The van der Waals surface area contributed by atoms with Gasteiger partial charge in [-0.25, -0.2) is 0 Å². The first-order valence-corrected chi connectivity index (χ1v) is 16.8. The van der Waals surface area contributed by atoms with Crippen LogP contribution < -0.4 is 5.32 Å². The molecule has 246 valence electrons. The van der Waals surface area contributed by atoms with E-state index >= 15 is 0 Å². The van der Waals surface area contributed by atoms with Crippen LogP contribution in [0.5, 0.6) is 0 Å². The maximum absolute atomic E-state index is 14.1. The van der Waals surface area contributed by atoms with E-state index in [-0.39, 0.29) is 53.7 Å². The van der Waals surface area contributed by atoms with Gasteiger partial charge in [0.05, 0.1) is 12.1 Å². The first-order chi connectivity index (χ1) is 20.2. The monoisotopic (exact) mass is 604 g/mol. The molecule has 3 aliphatic heterocycles. The normalized spacial score (nSPS) is 25.1. The number of amides is 4. The minimum Gasteiger partial charge on any atom is -0.342 e. The molecule has 3 heterocycles. The average Bonchev–Trinajstić information content (AvgIpc) is 3.63. The predicted molar refractivity (Wildman–Crippen MR) is 170 cm³/mol. The Hall–Kier alpha value is -2.20. The van der Waals surface area contributed by atoms with Crippen molar-refractivity contribution in [3.8, 4) is 0 Å². The van der Waals surface area contributed by atoms with E-state index in [4.69, 9.17) is 0 Å². The quantitative estimate of drug-likeness (QED) is 0.390. The van der Waals surface area contributed by atoms with Crippen molar-refractivity contribution in [2.45, 2.75) is 124 Å². The van der Waals surface area contributed by atoms with Gasteiger partial charge in [-0.3, -0.25) is 29.0 Å². The van der Waals surface area contributed by atoms with Crippen molar-refractivity contribution in [1.29, 1.82) is 0 Å². The number of carbonyl (C=O) groups is 4. The molecule has 4 amide bonds. The van der Waals surface area contributed by atoms with Crippen LogP contribution >= 0.6 is 0 Å². The lowest BCUT2D eigenvalue weighted by Crippen LogP contribution is -2.61. The number of nitrogens with zero attached hydrogens (tertiary/aromatic N) is 5. The second-order valence-electron chi connectivity index (χ2n) is 14.4. The molecule has 0 saturated carbocycles. The predicted octanol–water partition coefficient (Wildman–Crippen LogP) is 2.81. The summed E-state index contributed by atoms with van der Waals surface area (Å²) in [5, 5.41) is 3.14. The summed E-state index contributed by atoms with van der Waals surface area (Å²) in [6, 6.07) is -1.66. The Morgan fingerprint density at radius 2 is 1.47 bits per heavy atom. The molecule has 0 aromatic heterocycles. The third-order valence-corrected chi connectivity index (χ3v) is 10.1. The molecule has 3 unspecified atom stereocenters. The lowest BCUT2D eigenvalue weighted by atomic mass is 9.84. The lowest BCUT2D eigenvalue weighted by Gasteiger charge is -2.41. The summed E-state index contributed by atoms with van der Waals surface area (Å²) in [4.78, 5) is 64.5. The molecule has 3 fully saturated rings. The Kier molecular flexibility index (Phi) is 12.5. The lowest BCUT2D eigenvalue weighted by molar-refractivity contribution is -0.147. The minimum absolute atomic E-state index is 0.0495. The molecular formula is C33H60N6O4. The number of carbonyl (C=O) groups excluding carboxylic acids is 4. The van der Waals surface area contributed by atoms with Gasteiger partial charge in [0.1, 0.15) is 12.1 Å². The van der Waals surface area contributed by atoms with Gasteiger partial charge in [-0.15, -0.1) is 0 Å². The van der Waals surface area contributed by atoms with Crippen molar-refractivity contribution in [3.05, 3.63) is 0 Å². The summed E-state index contributed by atoms with van der Waals surface area (Å²) >= 11 is 0.